The summed E-state index contributed by atoms with van der Waals surface area (Å²) in [6.07, 6.45) is 1.57. The molecule has 0 spiro atoms. The van der Waals surface area contributed by atoms with Gasteiger partial charge < -0.3 is 14.6 Å². The summed E-state index contributed by atoms with van der Waals surface area (Å²) < 4.78 is 11.2. The van der Waals surface area contributed by atoms with Crippen molar-refractivity contribution in [2.75, 3.05) is 12.5 Å². The minimum atomic E-state index is -1.01. The van der Waals surface area contributed by atoms with Crippen molar-refractivity contribution in [3.63, 3.8) is 0 Å². The highest BCUT2D eigenvalue weighted by Crippen LogP contribution is 2.34. The number of hydrazone groups is 1. The minimum absolute atomic E-state index is 0.115. The number of benzene rings is 3. The molecule has 0 heterocycles. The third kappa shape index (κ3) is 5.82. The summed E-state index contributed by atoms with van der Waals surface area (Å²) in [4.78, 5) is 11.0. The third-order valence-electron chi connectivity index (χ3n) is 4.22. The second-order valence-corrected chi connectivity index (χ2v) is 7.47. The fourth-order valence-electron chi connectivity index (χ4n) is 2.64. The van der Waals surface area contributed by atoms with Gasteiger partial charge >= 0.3 is 5.97 Å². The average Bonchev–Trinajstić information content (AvgIpc) is 2.77. The van der Waals surface area contributed by atoms with Gasteiger partial charge in [-0.25, -0.2) is 4.79 Å². The molecule has 0 aliphatic heterocycles. The second kappa shape index (κ2) is 10.4. The molecular weight excluding hydrogens is 463 g/mol. The molecule has 0 saturated heterocycles. The topological polar surface area (TPSA) is 80.2 Å². The number of hydrogen-bond acceptors (Lipinski definition) is 5. The Morgan fingerprint density at radius 3 is 2.58 bits per heavy atom. The van der Waals surface area contributed by atoms with Crippen LogP contribution in [0, 0.1) is 0 Å². The number of aromatic carboxylic acids is 1. The Morgan fingerprint density at radius 2 is 1.84 bits per heavy atom. The van der Waals surface area contributed by atoms with Gasteiger partial charge in [0, 0.05) is 10.6 Å². The highest BCUT2D eigenvalue weighted by molar-refractivity contribution is 6.44. The quantitative estimate of drug-likeness (QED) is 0.223. The van der Waals surface area contributed by atoms with Crippen molar-refractivity contribution in [1.29, 1.82) is 0 Å². The summed E-state index contributed by atoms with van der Waals surface area (Å²) in [6.45, 7) is 0.115. The Morgan fingerprint density at radius 1 is 1.06 bits per heavy atom. The number of carbonyl (C=O) groups is 1. The van der Waals surface area contributed by atoms with Crippen molar-refractivity contribution in [2.24, 2.45) is 5.10 Å². The maximum absolute atomic E-state index is 11.0. The molecule has 0 aromatic heterocycles. The van der Waals surface area contributed by atoms with Crippen LogP contribution in [0.1, 0.15) is 21.5 Å². The minimum Gasteiger partial charge on any atom is -0.493 e. The van der Waals surface area contributed by atoms with Gasteiger partial charge in [-0.1, -0.05) is 40.9 Å². The zero-order chi connectivity index (χ0) is 22.4. The molecule has 0 aliphatic rings. The van der Waals surface area contributed by atoms with Crippen molar-refractivity contribution in [3.8, 4) is 11.5 Å². The van der Waals surface area contributed by atoms with E-state index in [0.29, 0.717) is 37.8 Å². The predicted molar refractivity (Wildman–Crippen MR) is 123 cm³/mol. The molecule has 0 bridgehead atoms. The first-order valence-electron chi connectivity index (χ1n) is 8.94. The number of anilines is 1. The smallest absolute Gasteiger partial charge is 0.335 e. The summed E-state index contributed by atoms with van der Waals surface area (Å²) in [7, 11) is 1.53. The van der Waals surface area contributed by atoms with Gasteiger partial charge in [0.2, 0.25) is 0 Å². The van der Waals surface area contributed by atoms with E-state index in [0.717, 1.165) is 5.56 Å². The van der Waals surface area contributed by atoms with E-state index in [-0.39, 0.29) is 12.2 Å². The van der Waals surface area contributed by atoms with Crippen molar-refractivity contribution < 1.29 is 19.4 Å². The second-order valence-electron chi connectivity index (χ2n) is 6.28. The van der Waals surface area contributed by atoms with Crippen LogP contribution in [0.5, 0.6) is 11.5 Å². The monoisotopic (exact) mass is 478 g/mol. The fraction of sp³-hybridized carbons (Fsp3) is 0.0909. The Kier molecular flexibility index (Phi) is 7.63. The molecule has 0 saturated carbocycles. The number of rotatable bonds is 8. The van der Waals surface area contributed by atoms with Gasteiger partial charge in [-0.05, 0) is 54.1 Å². The van der Waals surface area contributed by atoms with E-state index in [2.05, 4.69) is 10.5 Å². The number of nitrogens with one attached hydrogen (secondary N) is 1. The van der Waals surface area contributed by atoms with Crippen LogP contribution >= 0.6 is 34.8 Å². The van der Waals surface area contributed by atoms with Gasteiger partial charge in [0.1, 0.15) is 6.61 Å². The molecule has 6 nitrogen and oxygen atoms in total. The van der Waals surface area contributed by atoms with Crippen LogP contribution in [-0.2, 0) is 6.61 Å². The van der Waals surface area contributed by atoms with Crippen molar-refractivity contribution in [1.82, 2.24) is 0 Å². The number of halogens is 3. The maximum Gasteiger partial charge on any atom is 0.335 e. The van der Waals surface area contributed by atoms with Crippen LogP contribution < -0.4 is 14.9 Å². The Bertz CT molecular complexity index is 1140. The highest BCUT2D eigenvalue weighted by atomic mass is 35.5. The van der Waals surface area contributed by atoms with E-state index >= 15 is 0 Å². The number of methoxy groups -OCH3 is 1. The van der Waals surface area contributed by atoms with E-state index < -0.39 is 5.97 Å². The highest BCUT2D eigenvalue weighted by Gasteiger charge is 2.12. The van der Waals surface area contributed by atoms with Gasteiger partial charge in [0.25, 0.3) is 0 Å². The van der Waals surface area contributed by atoms with E-state index in [1.165, 1.54) is 19.2 Å². The fourth-order valence-corrected chi connectivity index (χ4v) is 3.29. The standard InChI is InChI=1S/C22H17Cl3N2O4/c1-30-20-9-13(11-26-27-15-4-2-3-14(10-15)22(28)29)5-8-19(20)31-12-16-17(23)6-7-18(24)21(16)25/h2-11,27H,12H2,1H3,(H,28,29). The number of nitrogens with zero attached hydrogens (tertiary/aromatic N) is 1. The Hall–Kier alpha value is -2.93. The van der Waals surface area contributed by atoms with Crippen LogP contribution in [-0.4, -0.2) is 24.4 Å². The van der Waals surface area contributed by atoms with Crippen LogP contribution in [0.25, 0.3) is 0 Å². The molecule has 3 aromatic carbocycles. The van der Waals surface area contributed by atoms with Crippen LogP contribution in [0.4, 0.5) is 5.69 Å². The first-order valence-corrected chi connectivity index (χ1v) is 10.1. The van der Waals surface area contributed by atoms with E-state index in [4.69, 9.17) is 49.4 Å². The first kappa shape index (κ1) is 22.7. The average molecular weight is 480 g/mol. The number of ether oxygens (including phenoxy) is 2. The van der Waals surface area contributed by atoms with Gasteiger partial charge in [0.15, 0.2) is 11.5 Å². The van der Waals surface area contributed by atoms with Gasteiger partial charge in [0.05, 0.1) is 34.6 Å². The van der Waals surface area contributed by atoms with Gasteiger partial charge in [-0.2, -0.15) is 5.10 Å². The lowest BCUT2D eigenvalue weighted by Gasteiger charge is -2.13. The lowest BCUT2D eigenvalue weighted by Crippen LogP contribution is -2.00. The lowest BCUT2D eigenvalue weighted by molar-refractivity contribution is 0.0697. The molecule has 0 atom stereocenters. The molecule has 0 fully saturated rings. The molecule has 0 radical (unpaired) electrons. The SMILES string of the molecule is COc1cc(C=NNc2cccc(C(=O)O)c2)ccc1OCc1c(Cl)ccc(Cl)c1Cl. The lowest BCUT2D eigenvalue weighted by atomic mass is 10.2. The van der Waals surface area contributed by atoms with E-state index in [1.54, 1.807) is 48.7 Å². The van der Waals surface area contributed by atoms with E-state index in [1.807, 2.05) is 0 Å². The molecule has 31 heavy (non-hydrogen) atoms. The molecule has 160 valence electrons. The number of carboxylic acid groups (broad SMARTS) is 1. The number of carboxylic acids is 1. The van der Waals surface area contributed by atoms with Crippen LogP contribution in [0.2, 0.25) is 15.1 Å². The van der Waals surface area contributed by atoms with Crippen LogP contribution in [0.15, 0.2) is 59.7 Å². The first-order chi connectivity index (χ1) is 14.9. The third-order valence-corrected chi connectivity index (χ3v) is 5.41. The Balaban J connectivity index is 1.70. The van der Waals surface area contributed by atoms with Gasteiger partial charge in [-0.15, -0.1) is 0 Å². The van der Waals surface area contributed by atoms with Crippen LogP contribution in [0.3, 0.4) is 0 Å². The normalized spacial score (nSPS) is 10.8. The molecule has 3 aromatic rings. The predicted octanol–water partition coefficient (Wildman–Crippen LogP) is 6.38. The zero-order valence-electron chi connectivity index (χ0n) is 16.2. The Labute approximate surface area is 194 Å². The molecule has 3 rings (SSSR count). The zero-order valence-corrected chi connectivity index (χ0v) is 18.5. The summed E-state index contributed by atoms with van der Waals surface area (Å²) in [5, 5.41) is 14.4. The molecular formula is C22H17Cl3N2O4. The number of hydrogen-bond donors (Lipinski definition) is 2. The summed E-state index contributed by atoms with van der Waals surface area (Å²) in [6, 6.07) is 14.9. The summed E-state index contributed by atoms with van der Waals surface area (Å²) in [5.74, 6) is -0.0201. The molecule has 0 aliphatic carbocycles. The largest absolute Gasteiger partial charge is 0.493 e. The summed E-state index contributed by atoms with van der Waals surface area (Å²) in [5.41, 5.74) is 4.84. The molecule has 9 heteroatoms. The van der Waals surface area contributed by atoms with Gasteiger partial charge in [-0.3, -0.25) is 5.43 Å². The maximum atomic E-state index is 11.0. The molecule has 0 amide bonds. The summed E-state index contributed by atoms with van der Waals surface area (Å²) >= 11 is 18.4. The van der Waals surface area contributed by atoms with Crippen molar-refractivity contribution in [2.45, 2.75) is 6.61 Å². The van der Waals surface area contributed by atoms with E-state index in [9.17, 15) is 4.79 Å². The van der Waals surface area contributed by atoms with Crippen molar-refractivity contribution in [3.05, 3.63) is 86.4 Å². The molecule has 0 unspecified atom stereocenters. The molecule has 2 N–H and O–H groups in total. The van der Waals surface area contributed by atoms with Crippen molar-refractivity contribution >= 4 is 52.7 Å².